The number of sulfonamides is 1. The summed E-state index contributed by atoms with van der Waals surface area (Å²) in [6, 6.07) is 12.2. The van der Waals surface area contributed by atoms with Crippen LogP contribution >= 0.6 is 0 Å². The van der Waals surface area contributed by atoms with Crippen LogP contribution in [-0.4, -0.2) is 15.5 Å². The number of ether oxygens (including phenoxy) is 1. The van der Waals surface area contributed by atoms with Crippen LogP contribution in [0.15, 0.2) is 48.5 Å². The van der Waals surface area contributed by atoms with Crippen molar-refractivity contribution in [3.05, 3.63) is 65.5 Å². The summed E-state index contributed by atoms with van der Waals surface area (Å²) >= 11 is 0. The van der Waals surface area contributed by atoms with Gasteiger partial charge in [0.15, 0.2) is 0 Å². The predicted octanol–water partition coefficient (Wildman–Crippen LogP) is 3.01. The minimum absolute atomic E-state index is 0.187. The fourth-order valence-electron chi connectivity index (χ4n) is 2.07. The SMILES string of the molecule is COc1ccc([C@H](C)NS(=O)(=O)Cc2ccc(F)cc2)cc1. The molecule has 0 saturated heterocycles. The van der Waals surface area contributed by atoms with Crippen LogP contribution in [0.1, 0.15) is 24.1 Å². The number of hydrogen-bond donors (Lipinski definition) is 1. The topological polar surface area (TPSA) is 55.4 Å². The van der Waals surface area contributed by atoms with Crippen molar-refractivity contribution in [1.29, 1.82) is 0 Å². The van der Waals surface area contributed by atoms with Gasteiger partial charge in [-0.05, 0) is 42.3 Å². The molecule has 0 aliphatic heterocycles. The Labute approximate surface area is 130 Å². The first-order chi connectivity index (χ1) is 10.4. The van der Waals surface area contributed by atoms with E-state index in [4.69, 9.17) is 4.74 Å². The van der Waals surface area contributed by atoms with Gasteiger partial charge < -0.3 is 4.74 Å². The Bertz CT molecular complexity index is 712. The molecule has 0 aliphatic rings. The van der Waals surface area contributed by atoms with Gasteiger partial charge in [-0.3, -0.25) is 0 Å². The molecule has 0 fully saturated rings. The molecule has 0 aromatic heterocycles. The predicted molar refractivity (Wildman–Crippen MR) is 83.6 cm³/mol. The molecule has 0 unspecified atom stereocenters. The van der Waals surface area contributed by atoms with E-state index in [0.717, 1.165) is 5.56 Å². The van der Waals surface area contributed by atoms with E-state index < -0.39 is 10.0 Å². The Morgan fingerprint density at radius 3 is 2.23 bits per heavy atom. The van der Waals surface area contributed by atoms with Crippen molar-refractivity contribution in [2.24, 2.45) is 0 Å². The van der Waals surface area contributed by atoms with Crippen LogP contribution in [0.25, 0.3) is 0 Å². The summed E-state index contributed by atoms with van der Waals surface area (Å²) in [4.78, 5) is 0. The van der Waals surface area contributed by atoms with Crippen molar-refractivity contribution in [2.75, 3.05) is 7.11 Å². The van der Waals surface area contributed by atoms with Crippen LogP contribution in [0.4, 0.5) is 4.39 Å². The average molecular weight is 323 g/mol. The molecule has 0 aliphatic carbocycles. The zero-order chi connectivity index (χ0) is 16.2. The molecule has 1 N–H and O–H groups in total. The monoisotopic (exact) mass is 323 g/mol. The van der Waals surface area contributed by atoms with Crippen molar-refractivity contribution in [3.8, 4) is 5.75 Å². The number of rotatable bonds is 6. The van der Waals surface area contributed by atoms with Crippen molar-refractivity contribution < 1.29 is 17.5 Å². The molecular weight excluding hydrogens is 305 g/mol. The molecular formula is C16H18FNO3S. The lowest BCUT2D eigenvalue weighted by atomic mass is 10.1. The van der Waals surface area contributed by atoms with E-state index in [1.807, 2.05) is 12.1 Å². The Balaban J connectivity index is 2.05. The van der Waals surface area contributed by atoms with Gasteiger partial charge in [-0.1, -0.05) is 24.3 Å². The highest BCUT2D eigenvalue weighted by Gasteiger charge is 2.16. The van der Waals surface area contributed by atoms with E-state index in [2.05, 4.69) is 4.72 Å². The molecule has 0 spiro atoms. The first kappa shape index (κ1) is 16.5. The summed E-state index contributed by atoms with van der Waals surface area (Å²) in [5.41, 5.74) is 1.37. The third-order valence-electron chi connectivity index (χ3n) is 3.24. The molecule has 0 radical (unpaired) electrons. The second-order valence-electron chi connectivity index (χ2n) is 5.00. The quantitative estimate of drug-likeness (QED) is 0.889. The number of benzene rings is 2. The maximum atomic E-state index is 12.8. The van der Waals surface area contributed by atoms with Crippen molar-refractivity contribution >= 4 is 10.0 Å². The zero-order valence-electron chi connectivity index (χ0n) is 12.4. The van der Waals surface area contributed by atoms with Crippen LogP contribution in [0.3, 0.4) is 0 Å². The van der Waals surface area contributed by atoms with Gasteiger partial charge >= 0.3 is 0 Å². The molecule has 22 heavy (non-hydrogen) atoms. The Morgan fingerprint density at radius 1 is 1.09 bits per heavy atom. The third kappa shape index (κ3) is 4.54. The minimum Gasteiger partial charge on any atom is -0.497 e. The molecule has 118 valence electrons. The largest absolute Gasteiger partial charge is 0.497 e. The van der Waals surface area contributed by atoms with E-state index in [0.29, 0.717) is 11.3 Å². The second-order valence-corrected chi connectivity index (χ2v) is 6.75. The van der Waals surface area contributed by atoms with Crippen LogP contribution in [-0.2, 0) is 15.8 Å². The lowest BCUT2D eigenvalue weighted by Crippen LogP contribution is -2.28. The van der Waals surface area contributed by atoms with E-state index >= 15 is 0 Å². The summed E-state index contributed by atoms with van der Waals surface area (Å²) in [5, 5.41) is 0. The van der Waals surface area contributed by atoms with Gasteiger partial charge in [-0.25, -0.2) is 17.5 Å². The molecule has 0 heterocycles. The number of hydrogen-bond acceptors (Lipinski definition) is 3. The second kappa shape index (κ2) is 6.89. The summed E-state index contributed by atoms with van der Waals surface area (Å²) in [5.74, 6) is 0.138. The zero-order valence-corrected chi connectivity index (χ0v) is 13.2. The molecule has 2 aromatic rings. The number of halogens is 1. The summed E-state index contributed by atoms with van der Waals surface area (Å²) in [7, 11) is -1.94. The summed E-state index contributed by atoms with van der Waals surface area (Å²) in [6.45, 7) is 1.77. The van der Waals surface area contributed by atoms with Crippen LogP contribution in [0.2, 0.25) is 0 Å². The summed E-state index contributed by atoms with van der Waals surface area (Å²) < 4.78 is 44.8. The summed E-state index contributed by atoms with van der Waals surface area (Å²) in [6.07, 6.45) is 0. The van der Waals surface area contributed by atoms with Gasteiger partial charge in [-0.15, -0.1) is 0 Å². The van der Waals surface area contributed by atoms with E-state index in [1.54, 1.807) is 26.2 Å². The van der Waals surface area contributed by atoms with Gasteiger partial charge in [0.1, 0.15) is 11.6 Å². The minimum atomic E-state index is -3.51. The smallest absolute Gasteiger partial charge is 0.216 e. The van der Waals surface area contributed by atoms with Crippen LogP contribution in [0.5, 0.6) is 5.75 Å². The average Bonchev–Trinajstić information content (AvgIpc) is 2.49. The first-order valence-electron chi connectivity index (χ1n) is 6.78. The lowest BCUT2D eigenvalue weighted by molar-refractivity contribution is 0.414. The fourth-order valence-corrected chi connectivity index (χ4v) is 3.46. The molecule has 2 rings (SSSR count). The van der Waals surface area contributed by atoms with E-state index in [-0.39, 0.29) is 17.6 Å². The van der Waals surface area contributed by atoms with Gasteiger partial charge in [0, 0.05) is 6.04 Å². The van der Waals surface area contributed by atoms with Crippen LogP contribution in [0, 0.1) is 5.82 Å². The Kier molecular flexibility index (Phi) is 5.15. The van der Waals surface area contributed by atoms with Gasteiger partial charge in [0.2, 0.25) is 10.0 Å². The Morgan fingerprint density at radius 2 is 1.68 bits per heavy atom. The molecule has 0 saturated carbocycles. The highest BCUT2D eigenvalue weighted by Crippen LogP contribution is 2.18. The Hall–Kier alpha value is -1.92. The van der Waals surface area contributed by atoms with E-state index in [9.17, 15) is 12.8 Å². The van der Waals surface area contributed by atoms with Gasteiger partial charge in [0.25, 0.3) is 0 Å². The number of methoxy groups -OCH3 is 1. The van der Waals surface area contributed by atoms with E-state index in [1.165, 1.54) is 24.3 Å². The van der Waals surface area contributed by atoms with Gasteiger partial charge in [-0.2, -0.15) is 0 Å². The normalized spacial score (nSPS) is 12.9. The third-order valence-corrected chi connectivity index (χ3v) is 4.67. The molecule has 0 bridgehead atoms. The lowest BCUT2D eigenvalue weighted by Gasteiger charge is -2.15. The molecule has 2 aromatic carbocycles. The van der Waals surface area contributed by atoms with Crippen molar-refractivity contribution in [3.63, 3.8) is 0 Å². The first-order valence-corrected chi connectivity index (χ1v) is 8.43. The molecule has 1 atom stereocenters. The highest BCUT2D eigenvalue weighted by molar-refractivity contribution is 7.88. The molecule has 6 heteroatoms. The fraction of sp³-hybridized carbons (Fsp3) is 0.250. The van der Waals surface area contributed by atoms with Gasteiger partial charge in [0.05, 0.1) is 12.9 Å². The highest BCUT2D eigenvalue weighted by atomic mass is 32.2. The van der Waals surface area contributed by atoms with Crippen molar-refractivity contribution in [1.82, 2.24) is 4.72 Å². The maximum Gasteiger partial charge on any atom is 0.216 e. The number of nitrogens with one attached hydrogen (secondary N) is 1. The van der Waals surface area contributed by atoms with Crippen molar-refractivity contribution in [2.45, 2.75) is 18.7 Å². The molecule has 0 amide bonds. The molecule has 4 nitrogen and oxygen atoms in total. The maximum absolute atomic E-state index is 12.8. The standard InChI is InChI=1S/C16H18FNO3S/c1-12(14-5-9-16(21-2)10-6-14)18-22(19,20)11-13-3-7-15(17)8-4-13/h3-10,12,18H,11H2,1-2H3/t12-/m0/s1. The van der Waals surface area contributed by atoms with Crippen LogP contribution < -0.4 is 9.46 Å².